The lowest BCUT2D eigenvalue weighted by Gasteiger charge is -2.12. The third-order valence-electron chi connectivity index (χ3n) is 2.59. The maximum absolute atomic E-state index is 11.7. The molecule has 1 aliphatic heterocycles. The van der Waals surface area contributed by atoms with Crippen LogP contribution in [0.15, 0.2) is 29.2 Å². The number of urea groups is 1. The van der Waals surface area contributed by atoms with Gasteiger partial charge in [-0.3, -0.25) is 0 Å². The first-order valence-corrected chi connectivity index (χ1v) is 6.80. The quantitative estimate of drug-likeness (QED) is 0.812. The van der Waals surface area contributed by atoms with Gasteiger partial charge in [-0.15, -0.1) is 11.8 Å². The second-order valence-electron chi connectivity index (χ2n) is 3.89. The van der Waals surface area contributed by atoms with Gasteiger partial charge in [0.05, 0.1) is 12.6 Å². The predicted octanol–water partition coefficient (Wildman–Crippen LogP) is 2.32. The van der Waals surface area contributed by atoms with Crippen LogP contribution < -0.4 is 10.6 Å². The Balaban J connectivity index is 1.88. The maximum atomic E-state index is 11.7. The summed E-state index contributed by atoms with van der Waals surface area (Å²) in [5.74, 6) is 0. The molecule has 1 unspecified atom stereocenters. The fraction of sp³-hybridized carbons (Fsp3) is 0.417. The number of amides is 2. The van der Waals surface area contributed by atoms with Gasteiger partial charge in [0.15, 0.2) is 0 Å². The number of anilines is 1. The number of hydrogen-bond acceptors (Lipinski definition) is 3. The Labute approximate surface area is 105 Å². The monoisotopic (exact) mass is 252 g/mol. The summed E-state index contributed by atoms with van der Waals surface area (Å²) < 4.78 is 5.20. The largest absolute Gasteiger partial charge is 0.379 e. The number of hydrogen-bond donors (Lipinski definition) is 2. The Morgan fingerprint density at radius 1 is 1.53 bits per heavy atom. The maximum Gasteiger partial charge on any atom is 0.319 e. The molecule has 2 amide bonds. The van der Waals surface area contributed by atoms with E-state index in [4.69, 9.17) is 4.74 Å². The number of ether oxygens (including phenoxy) is 1. The van der Waals surface area contributed by atoms with Gasteiger partial charge in [-0.1, -0.05) is 6.07 Å². The van der Waals surface area contributed by atoms with Crippen molar-refractivity contribution in [2.24, 2.45) is 0 Å². The lowest BCUT2D eigenvalue weighted by atomic mass is 10.3. The molecule has 1 fully saturated rings. The van der Waals surface area contributed by atoms with Crippen LogP contribution in [0.3, 0.4) is 0 Å². The zero-order chi connectivity index (χ0) is 12.1. The van der Waals surface area contributed by atoms with Crippen molar-refractivity contribution in [2.75, 3.05) is 24.8 Å². The molecule has 0 aliphatic carbocycles. The molecule has 0 aromatic heterocycles. The van der Waals surface area contributed by atoms with E-state index in [1.54, 1.807) is 11.8 Å². The van der Waals surface area contributed by atoms with E-state index in [1.807, 2.05) is 30.5 Å². The molecular weight excluding hydrogens is 236 g/mol. The Kier molecular flexibility index (Phi) is 4.28. The highest BCUT2D eigenvalue weighted by molar-refractivity contribution is 7.98. The molecule has 1 aromatic rings. The lowest BCUT2D eigenvalue weighted by molar-refractivity contribution is 0.189. The van der Waals surface area contributed by atoms with Crippen LogP contribution in [0.1, 0.15) is 6.42 Å². The molecule has 1 aromatic carbocycles. The molecule has 1 saturated heterocycles. The van der Waals surface area contributed by atoms with Crippen molar-refractivity contribution in [3.8, 4) is 0 Å². The smallest absolute Gasteiger partial charge is 0.319 e. The van der Waals surface area contributed by atoms with Crippen molar-refractivity contribution in [1.82, 2.24) is 5.32 Å². The van der Waals surface area contributed by atoms with Crippen LogP contribution in [-0.4, -0.2) is 31.5 Å². The minimum Gasteiger partial charge on any atom is -0.379 e. The van der Waals surface area contributed by atoms with Crippen LogP contribution in [0.2, 0.25) is 0 Å². The number of carbonyl (C=O) groups excluding carboxylic acids is 1. The van der Waals surface area contributed by atoms with Crippen molar-refractivity contribution >= 4 is 23.5 Å². The fourth-order valence-electron chi connectivity index (χ4n) is 1.70. The summed E-state index contributed by atoms with van der Waals surface area (Å²) in [6, 6.07) is 7.75. The molecule has 1 heterocycles. The highest BCUT2D eigenvalue weighted by atomic mass is 32.2. The third kappa shape index (κ3) is 3.64. The van der Waals surface area contributed by atoms with Gasteiger partial charge < -0.3 is 15.4 Å². The Bertz CT molecular complexity index is 392. The lowest BCUT2D eigenvalue weighted by Crippen LogP contribution is -2.38. The first-order valence-electron chi connectivity index (χ1n) is 5.57. The van der Waals surface area contributed by atoms with E-state index in [1.165, 1.54) is 0 Å². The summed E-state index contributed by atoms with van der Waals surface area (Å²) in [5.41, 5.74) is 0.813. The van der Waals surface area contributed by atoms with Gasteiger partial charge in [-0.05, 0) is 30.9 Å². The van der Waals surface area contributed by atoms with Crippen molar-refractivity contribution in [3.05, 3.63) is 24.3 Å². The van der Waals surface area contributed by atoms with Crippen LogP contribution in [0.25, 0.3) is 0 Å². The molecule has 2 rings (SSSR count). The van der Waals surface area contributed by atoms with E-state index in [-0.39, 0.29) is 12.1 Å². The minimum atomic E-state index is -0.168. The van der Waals surface area contributed by atoms with E-state index < -0.39 is 0 Å². The van der Waals surface area contributed by atoms with Crippen LogP contribution in [0, 0.1) is 0 Å². The summed E-state index contributed by atoms with van der Waals surface area (Å²) >= 11 is 1.65. The second kappa shape index (κ2) is 5.93. The Hall–Kier alpha value is -1.20. The molecule has 1 atom stereocenters. The molecule has 0 radical (unpaired) electrons. The standard InChI is InChI=1S/C12H16N2O2S/c1-17-11-4-2-3-9(7-11)13-12(15)14-10-5-6-16-8-10/h2-4,7,10H,5-6,8H2,1H3,(H2,13,14,15). The number of thioether (sulfide) groups is 1. The topological polar surface area (TPSA) is 50.4 Å². The van der Waals surface area contributed by atoms with E-state index >= 15 is 0 Å². The number of carbonyl (C=O) groups is 1. The number of benzene rings is 1. The molecule has 92 valence electrons. The second-order valence-corrected chi connectivity index (χ2v) is 4.77. The summed E-state index contributed by atoms with van der Waals surface area (Å²) in [4.78, 5) is 12.8. The van der Waals surface area contributed by atoms with E-state index in [9.17, 15) is 4.79 Å². The molecule has 2 N–H and O–H groups in total. The Morgan fingerprint density at radius 2 is 2.41 bits per heavy atom. The van der Waals surface area contributed by atoms with Crippen molar-refractivity contribution in [3.63, 3.8) is 0 Å². The van der Waals surface area contributed by atoms with E-state index in [0.29, 0.717) is 6.61 Å². The third-order valence-corrected chi connectivity index (χ3v) is 3.32. The first-order chi connectivity index (χ1) is 8.28. The van der Waals surface area contributed by atoms with Crippen molar-refractivity contribution < 1.29 is 9.53 Å². The van der Waals surface area contributed by atoms with Crippen LogP contribution >= 0.6 is 11.8 Å². The van der Waals surface area contributed by atoms with Crippen LogP contribution in [0.5, 0.6) is 0 Å². The molecule has 0 spiro atoms. The van der Waals surface area contributed by atoms with Crippen LogP contribution in [-0.2, 0) is 4.74 Å². The van der Waals surface area contributed by atoms with Gasteiger partial charge in [0, 0.05) is 17.2 Å². The van der Waals surface area contributed by atoms with Gasteiger partial charge in [0.25, 0.3) is 0 Å². The molecular formula is C12H16N2O2S. The summed E-state index contributed by atoms with van der Waals surface area (Å²) in [7, 11) is 0. The van der Waals surface area contributed by atoms with Gasteiger partial charge in [-0.2, -0.15) is 0 Å². The fourth-order valence-corrected chi connectivity index (χ4v) is 2.16. The van der Waals surface area contributed by atoms with Gasteiger partial charge in [-0.25, -0.2) is 4.79 Å². The highest BCUT2D eigenvalue weighted by Crippen LogP contribution is 2.18. The average Bonchev–Trinajstić information content (AvgIpc) is 2.82. The summed E-state index contributed by atoms with van der Waals surface area (Å²) in [6.45, 7) is 1.34. The van der Waals surface area contributed by atoms with Gasteiger partial charge >= 0.3 is 6.03 Å². The minimum absolute atomic E-state index is 0.138. The van der Waals surface area contributed by atoms with Crippen molar-refractivity contribution in [1.29, 1.82) is 0 Å². The van der Waals surface area contributed by atoms with Crippen molar-refractivity contribution in [2.45, 2.75) is 17.4 Å². The highest BCUT2D eigenvalue weighted by Gasteiger charge is 2.17. The van der Waals surface area contributed by atoms with E-state index in [2.05, 4.69) is 10.6 Å². The molecule has 17 heavy (non-hydrogen) atoms. The molecule has 0 saturated carbocycles. The molecule has 1 aliphatic rings. The Morgan fingerprint density at radius 3 is 3.12 bits per heavy atom. The van der Waals surface area contributed by atoms with Gasteiger partial charge in [0.2, 0.25) is 0 Å². The van der Waals surface area contributed by atoms with Crippen LogP contribution in [0.4, 0.5) is 10.5 Å². The number of nitrogens with one attached hydrogen (secondary N) is 2. The average molecular weight is 252 g/mol. The zero-order valence-corrected chi connectivity index (χ0v) is 10.5. The first kappa shape index (κ1) is 12.3. The number of rotatable bonds is 3. The predicted molar refractivity (Wildman–Crippen MR) is 69.6 cm³/mol. The SMILES string of the molecule is CSc1cccc(NC(=O)NC2CCOC2)c1. The normalized spacial score (nSPS) is 19.0. The zero-order valence-electron chi connectivity index (χ0n) is 9.73. The van der Waals surface area contributed by atoms with E-state index in [0.717, 1.165) is 23.6 Å². The van der Waals surface area contributed by atoms with Gasteiger partial charge in [0.1, 0.15) is 0 Å². The summed E-state index contributed by atoms with van der Waals surface area (Å²) in [6.07, 6.45) is 2.90. The summed E-state index contributed by atoms with van der Waals surface area (Å²) in [5, 5.41) is 5.71. The molecule has 5 heteroatoms. The molecule has 4 nitrogen and oxygen atoms in total. The molecule has 0 bridgehead atoms.